The number of benzene rings is 2. The van der Waals surface area contributed by atoms with Crippen LogP contribution in [0.4, 0.5) is 4.39 Å². The van der Waals surface area contributed by atoms with E-state index >= 15 is 0 Å². The van der Waals surface area contributed by atoms with Gasteiger partial charge in [0.05, 0.1) is 17.8 Å². The molecule has 3 aromatic rings. The molecule has 7 heteroatoms. The summed E-state index contributed by atoms with van der Waals surface area (Å²) in [4.78, 5) is 15.8. The van der Waals surface area contributed by atoms with Gasteiger partial charge in [0.25, 0.3) is 0 Å². The third kappa shape index (κ3) is 4.35. The first-order chi connectivity index (χ1) is 12.1. The minimum absolute atomic E-state index is 0.141. The van der Waals surface area contributed by atoms with Crippen molar-refractivity contribution in [3.8, 4) is 5.69 Å². The molecule has 0 saturated carbocycles. The van der Waals surface area contributed by atoms with E-state index in [-0.39, 0.29) is 18.1 Å². The predicted octanol–water partition coefficient (Wildman–Crippen LogP) is 2.49. The van der Waals surface area contributed by atoms with Crippen LogP contribution in [0.1, 0.15) is 18.1 Å². The first-order valence-electron chi connectivity index (χ1n) is 7.65. The number of rotatable bonds is 5. The van der Waals surface area contributed by atoms with Gasteiger partial charge >= 0.3 is 0 Å². The second-order valence-electron chi connectivity index (χ2n) is 5.42. The van der Waals surface area contributed by atoms with Crippen LogP contribution < -0.4 is 5.43 Å². The van der Waals surface area contributed by atoms with Gasteiger partial charge in [-0.3, -0.25) is 4.79 Å². The van der Waals surface area contributed by atoms with Crippen LogP contribution in [0.15, 0.2) is 66.3 Å². The summed E-state index contributed by atoms with van der Waals surface area (Å²) in [5.74, 6) is -0.586. The predicted molar refractivity (Wildman–Crippen MR) is 91.8 cm³/mol. The lowest BCUT2D eigenvalue weighted by Gasteiger charge is -2.05. The molecule has 1 amide bonds. The van der Waals surface area contributed by atoms with Crippen LogP contribution >= 0.6 is 0 Å². The molecule has 0 radical (unpaired) electrons. The number of nitrogens with one attached hydrogen (secondary N) is 1. The summed E-state index contributed by atoms with van der Waals surface area (Å²) >= 11 is 0. The number of amides is 1. The van der Waals surface area contributed by atoms with E-state index in [0.717, 1.165) is 16.8 Å². The van der Waals surface area contributed by atoms with Crippen LogP contribution in [0.25, 0.3) is 5.69 Å². The number of nitrogens with zero attached hydrogens (tertiary/aromatic N) is 4. The highest BCUT2D eigenvalue weighted by molar-refractivity contribution is 5.99. The molecule has 1 N–H and O–H groups in total. The summed E-state index contributed by atoms with van der Waals surface area (Å²) in [6.45, 7) is 1.81. The highest BCUT2D eigenvalue weighted by Gasteiger charge is 2.04. The van der Waals surface area contributed by atoms with Crippen LogP contribution in [0.5, 0.6) is 0 Å². The lowest BCUT2D eigenvalue weighted by molar-refractivity contribution is -0.120. The molecule has 0 aliphatic rings. The van der Waals surface area contributed by atoms with E-state index < -0.39 is 0 Å². The zero-order valence-electron chi connectivity index (χ0n) is 13.6. The Balaban J connectivity index is 1.61. The average molecular weight is 337 g/mol. The number of hydrogen-bond acceptors (Lipinski definition) is 4. The molecule has 1 heterocycles. The number of aromatic nitrogens is 3. The highest BCUT2D eigenvalue weighted by atomic mass is 19.1. The molecule has 0 atom stereocenters. The molecule has 0 aliphatic carbocycles. The topological polar surface area (TPSA) is 72.2 Å². The van der Waals surface area contributed by atoms with E-state index in [9.17, 15) is 9.18 Å². The lowest BCUT2D eigenvalue weighted by atomic mass is 10.1. The Morgan fingerprint density at radius 1 is 1.16 bits per heavy atom. The number of halogens is 1. The van der Waals surface area contributed by atoms with Crippen LogP contribution in [-0.4, -0.2) is 26.4 Å². The Morgan fingerprint density at radius 3 is 2.52 bits per heavy atom. The second kappa shape index (κ2) is 7.48. The van der Waals surface area contributed by atoms with E-state index in [4.69, 9.17) is 0 Å². The van der Waals surface area contributed by atoms with E-state index in [2.05, 4.69) is 20.6 Å². The van der Waals surface area contributed by atoms with Crippen molar-refractivity contribution in [2.75, 3.05) is 0 Å². The van der Waals surface area contributed by atoms with E-state index in [0.29, 0.717) is 5.71 Å². The zero-order chi connectivity index (χ0) is 17.6. The van der Waals surface area contributed by atoms with Gasteiger partial charge < -0.3 is 0 Å². The number of carbonyl (C=O) groups is 1. The van der Waals surface area contributed by atoms with Gasteiger partial charge in [0.15, 0.2) is 0 Å². The van der Waals surface area contributed by atoms with Crippen molar-refractivity contribution in [1.82, 2.24) is 20.2 Å². The second-order valence-corrected chi connectivity index (χ2v) is 5.42. The Hall–Kier alpha value is -3.35. The first-order valence-corrected chi connectivity index (χ1v) is 7.65. The normalized spacial score (nSPS) is 11.4. The summed E-state index contributed by atoms with van der Waals surface area (Å²) in [5, 5.41) is 8.17. The van der Waals surface area contributed by atoms with Gasteiger partial charge in [0.2, 0.25) is 5.91 Å². The minimum Gasteiger partial charge on any atom is -0.273 e. The Bertz CT molecular complexity index is 871. The molecule has 0 unspecified atom stereocenters. The van der Waals surface area contributed by atoms with Gasteiger partial charge in [-0.15, -0.1) is 0 Å². The fourth-order valence-electron chi connectivity index (χ4n) is 2.23. The van der Waals surface area contributed by atoms with Crippen molar-refractivity contribution in [1.29, 1.82) is 0 Å². The van der Waals surface area contributed by atoms with Crippen LogP contribution in [0, 0.1) is 5.82 Å². The van der Waals surface area contributed by atoms with E-state index in [1.165, 1.54) is 18.5 Å². The van der Waals surface area contributed by atoms with Gasteiger partial charge in [-0.25, -0.2) is 19.5 Å². The standard InChI is InChI=1S/C18H16FN5O/c1-13(15-4-8-17(9-5-15)24-12-20-11-21-24)22-23-18(25)10-14-2-6-16(19)7-3-14/h2-9,11-12H,10H2,1H3,(H,23,25)/b22-13+. The maximum absolute atomic E-state index is 12.9. The van der Waals surface area contributed by atoms with Crippen molar-refractivity contribution in [2.24, 2.45) is 5.10 Å². The largest absolute Gasteiger partial charge is 0.273 e. The molecule has 6 nitrogen and oxygen atoms in total. The molecular weight excluding hydrogens is 321 g/mol. The summed E-state index contributed by atoms with van der Waals surface area (Å²) in [5.41, 5.74) is 5.68. The van der Waals surface area contributed by atoms with Gasteiger partial charge in [-0.1, -0.05) is 24.3 Å². The first kappa shape index (κ1) is 16.5. The fourth-order valence-corrected chi connectivity index (χ4v) is 2.23. The molecule has 1 aromatic heterocycles. The molecule has 0 fully saturated rings. The number of carbonyl (C=O) groups excluding carboxylic acids is 1. The van der Waals surface area contributed by atoms with Gasteiger partial charge in [0.1, 0.15) is 18.5 Å². The molecule has 0 saturated heterocycles. The molecule has 3 rings (SSSR count). The number of hydrogen-bond donors (Lipinski definition) is 1. The minimum atomic E-state index is -0.327. The van der Waals surface area contributed by atoms with Crippen molar-refractivity contribution in [2.45, 2.75) is 13.3 Å². The molecular formula is C18H16FN5O. The van der Waals surface area contributed by atoms with Gasteiger partial charge in [0, 0.05) is 0 Å². The molecule has 0 bridgehead atoms. The summed E-state index contributed by atoms with van der Waals surface area (Å²) in [6.07, 6.45) is 3.23. The van der Waals surface area contributed by atoms with Crippen molar-refractivity contribution in [3.05, 3.63) is 78.1 Å². The zero-order valence-corrected chi connectivity index (χ0v) is 13.6. The highest BCUT2D eigenvalue weighted by Crippen LogP contribution is 2.09. The van der Waals surface area contributed by atoms with Gasteiger partial charge in [-0.2, -0.15) is 10.2 Å². The molecule has 2 aromatic carbocycles. The van der Waals surface area contributed by atoms with E-state index in [1.807, 2.05) is 31.2 Å². The van der Waals surface area contributed by atoms with E-state index in [1.54, 1.807) is 23.1 Å². The SMILES string of the molecule is C/C(=N\NC(=O)Cc1ccc(F)cc1)c1ccc(-n2cncn2)cc1. The maximum atomic E-state index is 12.9. The summed E-state index contributed by atoms with van der Waals surface area (Å²) in [7, 11) is 0. The lowest BCUT2D eigenvalue weighted by Crippen LogP contribution is -2.21. The van der Waals surface area contributed by atoms with Crippen molar-refractivity contribution >= 4 is 11.6 Å². The Kier molecular flexibility index (Phi) is 4.94. The molecule has 0 spiro atoms. The van der Waals surface area contributed by atoms with Crippen molar-refractivity contribution < 1.29 is 9.18 Å². The average Bonchev–Trinajstić information content (AvgIpc) is 3.16. The molecule has 25 heavy (non-hydrogen) atoms. The maximum Gasteiger partial charge on any atom is 0.244 e. The van der Waals surface area contributed by atoms with Crippen LogP contribution in [-0.2, 0) is 11.2 Å². The summed E-state index contributed by atoms with van der Waals surface area (Å²) in [6, 6.07) is 13.4. The third-order valence-corrected chi connectivity index (χ3v) is 3.59. The fraction of sp³-hybridized carbons (Fsp3) is 0.111. The quantitative estimate of drug-likeness (QED) is 0.574. The van der Waals surface area contributed by atoms with Crippen LogP contribution in [0.2, 0.25) is 0 Å². The third-order valence-electron chi connectivity index (χ3n) is 3.59. The molecule has 0 aliphatic heterocycles. The van der Waals surface area contributed by atoms with Gasteiger partial charge in [-0.05, 0) is 42.3 Å². The summed E-state index contributed by atoms with van der Waals surface area (Å²) < 4.78 is 14.5. The Morgan fingerprint density at radius 2 is 1.88 bits per heavy atom. The Labute approximate surface area is 144 Å². The molecule has 126 valence electrons. The number of hydrazone groups is 1. The van der Waals surface area contributed by atoms with Crippen LogP contribution in [0.3, 0.4) is 0 Å². The monoisotopic (exact) mass is 337 g/mol. The van der Waals surface area contributed by atoms with Crippen molar-refractivity contribution in [3.63, 3.8) is 0 Å². The smallest absolute Gasteiger partial charge is 0.244 e.